The smallest absolute Gasteiger partial charge is 0.337 e. The lowest BCUT2D eigenvalue weighted by molar-refractivity contribution is 0.0694. The lowest BCUT2D eigenvalue weighted by Gasteiger charge is -2.27. The van der Waals surface area contributed by atoms with Crippen LogP contribution in [0.1, 0.15) is 107 Å². The van der Waals surface area contributed by atoms with Crippen molar-refractivity contribution < 1.29 is 24.2 Å². The number of para-hydroxylation sites is 2. The third-order valence-electron chi connectivity index (χ3n) is 11.4. The maximum absolute atomic E-state index is 13.4. The fourth-order valence-electron chi connectivity index (χ4n) is 8.29. The fraction of sp³-hybridized carbons (Fsp3) is 0.240. The predicted molar refractivity (Wildman–Crippen MR) is 283 cm³/mol. The first-order chi connectivity index (χ1) is 32.2. The van der Waals surface area contributed by atoms with Gasteiger partial charge in [-0.1, -0.05) is 110 Å². The van der Waals surface area contributed by atoms with E-state index in [-0.39, 0.29) is 62.4 Å². The lowest BCUT2D eigenvalue weighted by atomic mass is 9.97. The summed E-state index contributed by atoms with van der Waals surface area (Å²) in [5.74, 6) is 0.613. The Morgan fingerprint density at radius 3 is 1.57 bits per heavy atom. The van der Waals surface area contributed by atoms with Crippen LogP contribution in [0.4, 0.5) is 0 Å². The fourth-order valence-corrected chi connectivity index (χ4v) is 9.34. The van der Waals surface area contributed by atoms with Crippen LogP contribution in [0.5, 0.6) is 11.5 Å². The molecule has 2 atom stereocenters. The summed E-state index contributed by atoms with van der Waals surface area (Å²) in [6.07, 6.45) is 7.96. The topological polar surface area (TPSA) is 171 Å². The van der Waals surface area contributed by atoms with E-state index in [1.54, 1.807) is 51.9 Å². The van der Waals surface area contributed by atoms with Gasteiger partial charge < -0.3 is 25.6 Å². The molecular formula is C50H50Cl4N8O5S2. The summed E-state index contributed by atoms with van der Waals surface area (Å²) < 4.78 is 14.5. The molecule has 0 aliphatic carbocycles. The Labute approximate surface area is 433 Å². The summed E-state index contributed by atoms with van der Waals surface area (Å²) in [5.41, 5.74) is 14.3. The number of hydrogen-bond acceptors (Lipinski definition) is 9. The molecule has 4 N–H and O–H groups in total. The Hall–Kier alpha value is -5.52. The van der Waals surface area contributed by atoms with Crippen LogP contribution in [0.3, 0.4) is 0 Å². The monoisotopic (exact) mass is 1050 g/mol. The normalized spacial score (nSPS) is 14.7. The number of imidazole rings is 2. The molecule has 360 valence electrons. The van der Waals surface area contributed by atoms with E-state index in [1.807, 2.05) is 88.4 Å². The highest BCUT2D eigenvalue weighted by atomic mass is 35.5. The number of hydrogen-bond donors (Lipinski definition) is 3. The number of nitrogens with zero attached hydrogens (tertiary/aromatic N) is 6. The number of amides is 1. The minimum Gasteiger partial charge on any atom is -0.493 e. The van der Waals surface area contributed by atoms with Crippen molar-refractivity contribution in [1.82, 2.24) is 34.5 Å². The highest BCUT2D eigenvalue weighted by molar-refractivity contribution is 7.59. The van der Waals surface area contributed by atoms with Crippen LogP contribution in [0.2, 0.25) is 20.1 Å². The van der Waals surface area contributed by atoms with E-state index in [1.165, 1.54) is 6.20 Å². The summed E-state index contributed by atoms with van der Waals surface area (Å²) in [6, 6.07) is 26.3. The molecule has 0 saturated heterocycles. The van der Waals surface area contributed by atoms with Gasteiger partial charge in [-0.2, -0.15) is 37.2 Å². The second-order valence-corrected chi connectivity index (χ2v) is 18.4. The molecule has 4 aromatic heterocycles. The van der Waals surface area contributed by atoms with Gasteiger partial charge in [-0.3, -0.25) is 4.79 Å². The standard InChI is InChI=1S/C25H22Cl2N4O2.C16H13Cl2N3O2.C9H11NO.2H2S/c1-14(2)23-19(25(32)30-20-7-8-33-22-6-4-3-5-18(20)22)12-29-31-21(13-28-24(23)31)15-9-16(26)11-17(27)10-15;1-8(2)14-12(16(22)23)6-20-21-13(7-19-15(14)21)9-3-10(17)5-11(18)4-9;10-8-5-6-11-9-4-2-1-3-7(8)9;;/h3-6,9-14,20H,7-8H2,1-2H3,(H,30,32);3-8H,1-2H3,(H,22,23);1-4,8H,5-6,10H2;2*1H2/t20-;;8-;;/m0.0../s1. The summed E-state index contributed by atoms with van der Waals surface area (Å²) in [7, 11) is 0. The summed E-state index contributed by atoms with van der Waals surface area (Å²) in [5, 5.41) is 23.4. The van der Waals surface area contributed by atoms with Gasteiger partial charge in [0.05, 0.1) is 66.6 Å². The molecule has 0 bridgehead atoms. The quantitative estimate of drug-likeness (QED) is 0.140. The Kier molecular flexibility index (Phi) is 17.6. The predicted octanol–water partition coefficient (Wildman–Crippen LogP) is 12.3. The Bertz CT molecular complexity index is 3110. The van der Waals surface area contributed by atoms with Crippen LogP contribution >= 0.6 is 73.4 Å². The minimum absolute atomic E-state index is 0. The SMILES string of the molecule is CC(C)c1c(C(=O)N[C@H]2CCOc3ccccc32)cnn2c(-c3cc(Cl)cc(Cl)c3)cnc12.CC(C)c1c(C(=O)O)cnn2c(-c3cc(Cl)cc(Cl)c3)cnc12.N[C@H]1CCOc2ccccc21.S.S. The molecule has 6 heterocycles. The molecule has 0 saturated carbocycles. The molecule has 4 aromatic carbocycles. The Morgan fingerprint density at radius 1 is 0.652 bits per heavy atom. The van der Waals surface area contributed by atoms with Crippen molar-refractivity contribution in [3.63, 3.8) is 0 Å². The van der Waals surface area contributed by atoms with Gasteiger partial charge in [0.25, 0.3) is 5.91 Å². The van der Waals surface area contributed by atoms with Crippen LogP contribution in [0.15, 0.2) is 110 Å². The molecule has 13 nitrogen and oxygen atoms in total. The summed E-state index contributed by atoms with van der Waals surface area (Å²) >= 11 is 24.5. The van der Waals surface area contributed by atoms with Gasteiger partial charge in [0.1, 0.15) is 11.5 Å². The van der Waals surface area contributed by atoms with Crippen LogP contribution in [-0.2, 0) is 0 Å². The molecule has 1 amide bonds. The van der Waals surface area contributed by atoms with Gasteiger partial charge >= 0.3 is 5.97 Å². The van der Waals surface area contributed by atoms with E-state index >= 15 is 0 Å². The van der Waals surface area contributed by atoms with Crippen LogP contribution < -0.4 is 20.5 Å². The molecule has 19 heteroatoms. The number of benzene rings is 4. The molecule has 0 fully saturated rings. The average molecular weight is 1050 g/mol. The van der Waals surface area contributed by atoms with Gasteiger partial charge in [0.2, 0.25) is 0 Å². The molecular weight excluding hydrogens is 999 g/mol. The zero-order valence-electron chi connectivity index (χ0n) is 37.9. The van der Waals surface area contributed by atoms with E-state index in [0.29, 0.717) is 61.2 Å². The van der Waals surface area contributed by atoms with E-state index in [0.717, 1.165) is 58.0 Å². The van der Waals surface area contributed by atoms with Gasteiger partial charge in [0.15, 0.2) is 11.3 Å². The lowest BCUT2D eigenvalue weighted by Crippen LogP contribution is -2.33. The molecule has 8 aromatic rings. The third kappa shape index (κ3) is 11.6. The summed E-state index contributed by atoms with van der Waals surface area (Å²) in [6.45, 7) is 9.24. The van der Waals surface area contributed by atoms with Crippen LogP contribution in [-0.4, -0.2) is 59.4 Å². The average Bonchev–Trinajstić information content (AvgIpc) is 3.93. The first-order valence-corrected chi connectivity index (χ1v) is 23.1. The van der Waals surface area contributed by atoms with Crippen molar-refractivity contribution in [1.29, 1.82) is 0 Å². The number of nitrogens with one attached hydrogen (secondary N) is 1. The van der Waals surface area contributed by atoms with E-state index in [4.69, 9.17) is 61.6 Å². The highest BCUT2D eigenvalue weighted by Gasteiger charge is 2.27. The zero-order chi connectivity index (χ0) is 47.5. The van der Waals surface area contributed by atoms with Crippen molar-refractivity contribution in [3.8, 4) is 34.0 Å². The molecule has 2 aliphatic rings. The highest BCUT2D eigenvalue weighted by Crippen LogP contribution is 2.35. The van der Waals surface area contributed by atoms with Gasteiger partial charge in [-0.25, -0.2) is 23.8 Å². The molecule has 2 aliphatic heterocycles. The minimum atomic E-state index is -1.01. The Balaban J connectivity index is 0.000000188. The maximum atomic E-state index is 13.4. The number of ether oxygens (including phenoxy) is 2. The molecule has 69 heavy (non-hydrogen) atoms. The number of rotatable bonds is 7. The van der Waals surface area contributed by atoms with Crippen LogP contribution in [0.25, 0.3) is 33.8 Å². The first-order valence-electron chi connectivity index (χ1n) is 21.6. The number of aromatic nitrogens is 6. The van der Waals surface area contributed by atoms with Crippen molar-refractivity contribution in [2.45, 2.75) is 64.5 Å². The number of nitrogens with two attached hydrogens (primary N) is 1. The second kappa shape index (κ2) is 22.9. The maximum Gasteiger partial charge on any atom is 0.337 e. The number of carbonyl (C=O) groups excluding carboxylic acids is 1. The Morgan fingerprint density at radius 2 is 1.09 bits per heavy atom. The molecule has 0 unspecified atom stereocenters. The number of fused-ring (bicyclic) bond motifs is 4. The number of carbonyl (C=O) groups is 2. The van der Waals surface area contributed by atoms with Gasteiger partial charge in [-0.05, 0) is 60.4 Å². The van der Waals surface area contributed by atoms with Crippen molar-refractivity contribution >= 4 is 96.6 Å². The number of carboxylic acids is 1. The van der Waals surface area contributed by atoms with E-state index in [2.05, 4.69) is 25.5 Å². The second-order valence-electron chi connectivity index (χ2n) is 16.6. The molecule has 0 spiro atoms. The van der Waals surface area contributed by atoms with E-state index in [9.17, 15) is 14.7 Å². The number of aromatic carboxylic acids is 1. The number of carboxylic acid groups (broad SMARTS) is 1. The molecule has 0 radical (unpaired) electrons. The van der Waals surface area contributed by atoms with Gasteiger partial charge in [0, 0.05) is 72.4 Å². The van der Waals surface area contributed by atoms with E-state index < -0.39 is 5.97 Å². The van der Waals surface area contributed by atoms with Gasteiger partial charge in [-0.15, -0.1) is 0 Å². The third-order valence-corrected chi connectivity index (χ3v) is 12.2. The van der Waals surface area contributed by atoms with Crippen molar-refractivity contribution in [3.05, 3.63) is 163 Å². The van der Waals surface area contributed by atoms with Crippen LogP contribution in [0, 0.1) is 0 Å². The summed E-state index contributed by atoms with van der Waals surface area (Å²) in [4.78, 5) is 33.8. The largest absolute Gasteiger partial charge is 0.493 e. The van der Waals surface area contributed by atoms with Crippen molar-refractivity contribution in [2.24, 2.45) is 5.73 Å². The van der Waals surface area contributed by atoms with Crippen molar-refractivity contribution in [2.75, 3.05) is 13.2 Å². The first kappa shape index (κ1) is 52.8. The zero-order valence-corrected chi connectivity index (χ0v) is 42.9. The number of halogens is 4. The molecule has 10 rings (SSSR count).